The third kappa shape index (κ3) is 2.45. The van der Waals surface area contributed by atoms with Crippen molar-refractivity contribution < 1.29 is 0 Å². The van der Waals surface area contributed by atoms with Gasteiger partial charge in [0.05, 0.1) is 0 Å². The van der Waals surface area contributed by atoms with E-state index in [1.807, 2.05) is 0 Å². The van der Waals surface area contributed by atoms with E-state index < -0.39 is 0 Å². The van der Waals surface area contributed by atoms with Crippen LogP contribution in [0.2, 0.25) is 0 Å². The van der Waals surface area contributed by atoms with Crippen molar-refractivity contribution >= 4 is 0 Å². The van der Waals surface area contributed by atoms with Crippen molar-refractivity contribution in [2.75, 3.05) is 7.05 Å². The molecule has 94 valence electrons. The molecule has 0 radical (unpaired) electrons. The normalized spacial score (nSPS) is 34.9. The minimum absolute atomic E-state index is 0.777. The molecule has 2 bridgehead atoms. The summed E-state index contributed by atoms with van der Waals surface area (Å²) in [5.41, 5.74) is 0. The van der Waals surface area contributed by atoms with E-state index in [0.29, 0.717) is 0 Å². The maximum atomic E-state index is 3.59. The summed E-state index contributed by atoms with van der Waals surface area (Å²) in [5.74, 6) is 4.14. The monoisotopic (exact) mass is 223 g/mol. The Morgan fingerprint density at radius 3 is 2.31 bits per heavy atom. The number of hydrogen-bond acceptors (Lipinski definition) is 1. The predicted molar refractivity (Wildman–Crippen MR) is 70.5 cm³/mol. The molecule has 0 aromatic carbocycles. The maximum absolute atomic E-state index is 3.59. The molecule has 2 saturated carbocycles. The van der Waals surface area contributed by atoms with Gasteiger partial charge < -0.3 is 5.32 Å². The molecule has 0 saturated heterocycles. The van der Waals surface area contributed by atoms with Crippen molar-refractivity contribution in [2.24, 2.45) is 23.7 Å². The fraction of sp³-hybridized carbons (Fsp3) is 1.00. The molecule has 0 aromatic rings. The summed E-state index contributed by atoms with van der Waals surface area (Å²) in [4.78, 5) is 0. The Hall–Kier alpha value is -0.0400. The van der Waals surface area contributed by atoms with Crippen LogP contribution in [0, 0.1) is 23.7 Å². The summed E-state index contributed by atoms with van der Waals surface area (Å²) in [5, 5.41) is 3.59. The van der Waals surface area contributed by atoms with E-state index >= 15 is 0 Å². The van der Waals surface area contributed by atoms with Gasteiger partial charge in [-0.15, -0.1) is 0 Å². The molecule has 1 nitrogen and oxygen atoms in total. The lowest BCUT2D eigenvalue weighted by atomic mass is 9.80. The topological polar surface area (TPSA) is 12.0 Å². The molecule has 0 spiro atoms. The number of hydrogen-bond donors (Lipinski definition) is 1. The van der Waals surface area contributed by atoms with Gasteiger partial charge in [-0.25, -0.2) is 0 Å². The predicted octanol–water partition coefficient (Wildman–Crippen LogP) is 3.84. The first-order valence-electron chi connectivity index (χ1n) is 7.45. The van der Waals surface area contributed by atoms with Crippen LogP contribution in [0.4, 0.5) is 0 Å². The molecule has 0 heterocycles. The molecule has 1 heteroatoms. The standard InChI is InChI=1S/C15H29N/c1-4-12(5-2)15(16-3)10-14-9-11-6-7-13(14)8-11/h11-16H,4-10H2,1-3H3. The van der Waals surface area contributed by atoms with Crippen LogP contribution in [0.15, 0.2) is 0 Å². The molecule has 4 atom stereocenters. The van der Waals surface area contributed by atoms with E-state index in [9.17, 15) is 0 Å². The Kier molecular flexibility index (Phi) is 4.29. The average molecular weight is 223 g/mol. The van der Waals surface area contributed by atoms with Crippen molar-refractivity contribution in [1.29, 1.82) is 0 Å². The molecule has 2 fully saturated rings. The van der Waals surface area contributed by atoms with Gasteiger partial charge in [0, 0.05) is 6.04 Å². The summed E-state index contributed by atoms with van der Waals surface area (Å²) in [6, 6.07) is 0.777. The Morgan fingerprint density at radius 2 is 1.88 bits per heavy atom. The fourth-order valence-electron chi connectivity index (χ4n) is 4.40. The van der Waals surface area contributed by atoms with Crippen molar-refractivity contribution in [3.05, 3.63) is 0 Å². The Balaban J connectivity index is 1.86. The van der Waals surface area contributed by atoms with E-state index in [4.69, 9.17) is 0 Å². The first-order chi connectivity index (χ1) is 7.78. The smallest absolute Gasteiger partial charge is 0.00948 e. The minimum atomic E-state index is 0.777. The van der Waals surface area contributed by atoms with E-state index in [0.717, 1.165) is 29.7 Å². The van der Waals surface area contributed by atoms with E-state index in [1.165, 1.54) is 32.1 Å². The summed E-state index contributed by atoms with van der Waals surface area (Å²) in [6.45, 7) is 4.69. The van der Waals surface area contributed by atoms with Gasteiger partial charge >= 0.3 is 0 Å². The third-order valence-electron chi connectivity index (χ3n) is 5.43. The van der Waals surface area contributed by atoms with Crippen molar-refractivity contribution in [1.82, 2.24) is 5.32 Å². The summed E-state index contributed by atoms with van der Waals surface area (Å²) < 4.78 is 0. The van der Waals surface area contributed by atoms with Crippen LogP contribution >= 0.6 is 0 Å². The Bertz CT molecular complexity index is 209. The lowest BCUT2D eigenvalue weighted by Gasteiger charge is -2.31. The van der Waals surface area contributed by atoms with Gasteiger partial charge in [0.25, 0.3) is 0 Å². The third-order valence-corrected chi connectivity index (χ3v) is 5.43. The lowest BCUT2D eigenvalue weighted by Crippen LogP contribution is -2.36. The van der Waals surface area contributed by atoms with Crippen LogP contribution in [-0.4, -0.2) is 13.1 Å². The molecule has 0 aromatic heterocycles. The zero-order valence-electron chi connectivity index (χ0n) is 11.3. The average Bonchev–Trinajstić information content (AvgIpc) is 2.91. The fourth-order valence-corrected chi connectivity index (χ4v) is 4.40. The first-order valence-corrected chi connectivity index (χ1v) is 7.45. The van der Waals surface area contributed by atoms with E-state index in [2.05, 4.69) is 26.2 Å². The second-order valence-electron chi connectivity index (χ2n) is 6.14. The summed E-state index contributed by atoms with van der Waals surface area (Å²) >= 11 is 0. The van der Waals surface area contributed by atoms with E-state index in [1.54, 1.807) is 12.8 Å². The highest BCUT2D eigenvalue weighted by Crippen LogP contribution is 2.50. The van der Waals surface area contributed by atoms with Crippen LogP contribution < -0.4 is 5.32 Å². The van der Waals surface area contributed by atoms with Crippen LogP contribution in [0.1, 0.15) is 58.8 Å². The van der Waals surface area contributed by atoms with Gasteiger partial charge in [-0.2, -0.15) is 0 Å². The summed E-state index contributed by atoms with van der Waals surface area (Å²) in [7, 11) is 2.16. The SMILES string of the molecule is CCC(CC)C(CC1CC2CCC1C2)NC. The highest BCUT2D eigenvalue weighted by molar-refractivity contribution is 4.92. The second kappa shape index (κ2) is 5.53. The highest BCUT2D eigenvalue weighted by Gasteiger charge is 2.40. The highest BCUT2D eigenvalue weighted by atomic mass is 14.9. The minimum Gasteiger partial charge on any atom is -0.317 e. The quantitative estimate of drug-likeness (QED) is 0.721. The number of nitrogens with one attached hydrogen (secondary N) is 1. The van der Waals surface area contributed by atoms with Crippen LogP contribution in [0.5, 0.6) is 0 Å². The zero-order chi connectivity index (χ0) is 11.5. The van der Waals surface area contributed by atoms with Crippen molar-refractivity contribution in [3.63, 3.8) is 0 Å². The molecule has 2 aliphatic rings. The lowest BCUT2D eigenvalue weighted by molar-refractivity contribution is 0.236. The number of fused-ring (bicyclic) bond motifs is 2. The molecular weight excluding hydrogens is 194 g/mol. The molecule has 2 rings (SSSR count). The molecule has 0 amide bonds. The van der Waals surface area contributed by atoms with Gasteiger partial charge in [0.2, 0.25) is 0 Å². The molecular formula is C15H29N. The van der Waals surface area contributed by atoms with E-state index in [-0.39, 0.29) is 0 Å². The molecule has 4 unspecified atom stereocenters. The van der Waals surface area contributed by atoms with Crippen molar-refractivity contribution in [3.8, 4) is 0 Å². The second-order valence-corrected chi connectivity index (χ2v) is 6.14. The Labute approximate surface area is 101 Å². The number of rotatable bonds is 6. The Morgan fingerprint density at radius 1 is 1.12 bits per heavy atom. The first kappa shape index (κ1) is 12.4. The van der Waals surface area contributed by atoms with Gasteiger partial charge in [-0.1, -0.05) is 33.1 Å². The van der Waals surface area contributed by atoms with Crippen LogP contribution in [-0.2, 0) is 0 Å². The molecule has 1 N–H and O–H groups in total. The van der Waals surface area contributed by atoms with Crippen LogP contribution in [0.3, 0.4) is 0 Å². The van der Waals surface area contributed by atoms with Gasteiger partial charge in [-0.05, 0) is 56.4 Å². The maximum Gasteiger partial charge on any atom is 0.00948 e. The van der Waals surface area contributed by atoms with Gasteiger partial charge in [-0.3, -0.25) is 0 Å². The van der Waals surface area contributed by atoms with Crippen LogP contribution in [0.25, 0.3) is 0 Å². The summed E-state index contributed by atoms with van der Waals surface area (Å²) in [6.07, 6.45) is 10.3. The zero-order valence-corrected chi connectivity index (χ0v) is 11.3. The molecule has 16 heavy (non-hydrogen) atoms. The van der Waals surface area contributed by atoms with Crippen molar-refractivity contribution in [2.45, 2.75) is 64.8 Å². The van der Waals surface area contributed by atoms with Gasteiger partial charge in [0.15, 0.2) is 0 Å². The molecule has 0 aliphatic heterocycles. The van der Waals surface area contributed by atoms with Gasteiger partial charge in [0.1, 0.15) is 0 Å². The largest absolute Gasteiger partial charge is 0.317 e. The molecule has 2 aliphatic carbocycles.